The fourth-order valence-electron chi connectivity index (χ4n) is 2.64. The second kappa shape index (κ2) is 8.64. The highest BCUT2D eigenvalue weighted by molar-refractivity contribution is 8.00. The lowest BCUT2D eigenvalue weighted by molar-refractivity contribution is -0.119. The van der Waals surface area contributed by atoms with Gasteiger partial charge in [-0.1, -0.05) is 60.3 Å². The van der Waals surface area contributed by atoms with E-state index in [9.17, 15) is 9.59 Å². The molecule has 0 unspecified atom stereocenters. The largest absolute Gasteiger partial charge is 0.338 e. The maximum atomic E-state index is 12.8. The average Bonchev–Trinajstić information content (AvgIpc) is 2.66. The fourth-order valence-corrected chi connectivity index (χ4v) is 3.81. The van der Waals surface area contributed by atoms with Gasteiger partial charge in [-0.2, -0.15) is 0 Å². The van der Waals surface area contributed by atoms with E-state index in [1.165, 1.54) is 11.8 Å². The second-order valence-electron chi connectivity index (χ2n) is 5.85. The van der Waals surface area contributed by atoms with Crippen molar-refractivity contribution in [3.05, 3.63) is 66.0 Å². The zero-order valence-electron chi connectivity index (χ0n) is 15.1. The highest BCUT2D eigenvalue weighted by Gasteiger charge is 2.25. The molecule has 0 bridgehead atoms. The summed E-state index contributed by atoms with van der Waals surface area (Å²) in [6.07, 6.45) is 0. The molecule has 0 saturated heterocycles. The molecule has 1 atom stereocenters. The second-order valence-corrected chi connectivity index (χ2v) is 6.94. The lowest BCUT2D eigenvalue weighted by Gasteiger charge is -2.17. The first-order valence-corrected chi connectivity index (χ1v) is 9.50. The van der Waals surface area contributed by atoms with Gasteiger partial charge < -0.3 is 5.32 Å². The SMILES string of the molecule is CCNC(=O)NC(=O)[C@H](Sc1nc(C)nc2ccccc12)c1ccccc1. The number of hydrogen-bond acceptors (Lipinski definition) is 5. The van der Waals surface area contributed by atoms with Crippen LogP contribution in [0.2, 0.25) is 0 Å². The summed E-state index contributed by atoms with van der Waals surface area (Å²) in [6.45, 7) is 4.06. The number of benzene rings is 2. The highest BCUT2D eigenvalue weighted by atomic mass is 32.2. The molecule has 0 fully saturated rings. The molecule has 0 aliphatic carbocycles. The number of imide groups is 1. The molecule has 0 saturated carbocycles. The van der Waals surface area contributed by atoms with Gasteiger partial charge in [0.1, 0.15) is 16.1 Å². The lowest BCUT2D eigenvalue weighted by Crippen LogP contribution is -2.41. The van der Waals surface area contributed by atoms with E-state index in [1.807, 2.05) is 61.5 Å². The van der Waals surface area contributed by atoms with Crippen LogP contribution in [0.4, 0.5) is 4.79 Å². The normalized spacial score (nSPS) is 11.8. The standard InChI is InChI=1S/C20H20N4O2S/c1-3-21-20(26)24-18(25)17(14-9-5-4-6-10-14)27-19-15-11-7-8-12-16(15)22-13(2)23-19/h4-12,17H,3H2,1-2H3,(H2,21,24,25,26)/t17-/m1/s1. The number of carbonyl (C=O) groups is 2. The van der Waals surface area contributed by atoms with E-state index >= 15 is 0 Å². The number of urea groups is 1. The van der Waals surface area contributed by atoms with Crippen LogP contribution in [-0.4, -0.2) is 28.5 Å². The number of para-hydroxylation sites is 1. The van der Waals surface area contributed by atoms with Crippen LogP contribution in [0.5, 0.6) is 0 Å². The van der Waals surface area contributed by atoms with E-state index in [-0.39, 0.29) is 0 Å². The minimum Gasteiger partial charge on any atom is -0.338 e. The van der Waals surface area contributed by atoms with Gasteiger partial charge in [-0.05, 0) is 25.5 Å². The predicted octanol–water partition coefficient (Wildman–Crippen LogP) is 3.62. The number of fused-ring (bicyclic) bond motifs is 1. The molecule has 27 heavy (non-hydrogen) atoms. The van der Waals surface area contributed by atoms with Crippen molar-refractivity contribution in [2.75, 3.05) is 6.54 Å². The van der Waals surface area contributed by atoms with Gasteiger partial charge in [-0.15, -0.1) is 0 Å². The molecule has 6 nitrogen and oxygen atoms in total. The first-order chi connectivity index (χ1) is 13.1. The van der Waals surface area contributed by atoms with Crippen molar-refractivity contribution in [3.8, 4) is 0 Å². The van der Waals surface area contributed by atoms with Crippen LogP contribution < -0.4 is 10.6 Å². The quantitative estimate of drug-likeness (QED) is 0.522. The Labute approximate surface area is 161 Å². The Balaban J connectivity index is 1.97. The van der Waals surface area contributed by atoms with Gasteiger partial charge in [-0.3, -0.25) is 10.1 Å². The van der Waals surface area contributed by atoms with Crippen molar-refractivity contribution in [1.29, 1.82) is 0 Å². The number of nitrogens with one attached hydrogen (secondary N) is 2. The molecule has 3 amide bonds. The molecular formula is C20H20N4O2S. The minimum absolute atomic E-state index is 0.391. The first kappa shape index (κ1) is 18.8. The Morgan fingerprint density at radius 1 is 1.04 bits per heavy atom. The monoisotopic (exact) mass is 380 g/mol. The Hall–Kier alpha value is -2.93. The van der Waals surface area contributed by atoms with E-state index in [0.29, 0.717) is 17.4 Å². The molecule has 2 aromatic carbocycles. The van der Waals surface area contributed by atoms with Gasteiger partial charge in [-0.25, -0.2) is 14.8 Å². The average molecular weight is 380 g/mol. The van der Waals surface area contributed by atoms with Gasteiger partial charge in [0.25, 0.3) is 0 Å². The number of nitrogens with zero attached hydrogens (tertiary/aromatic N) is 2. The summed E-state index contributed by atoms with van der Waals surface area (Å²) in [5.74, 6) is 0.240. The van der Waals surface area contributed by atoms with Crippen LogP contribution in [0.3, 0.4) is 0 Å². The van der Waals surface area contributed by atoms with Crippen molar-refractivity contribution in [2.24, 2.45) is 0 Å². The van der Waals surface area contributed by atoms with Crippen LogP contribution in [0.25, 0.3) is 10.9 Å². The Bertz CT molecular complexity index is 963. The van der Waals surface area contributed by atoms with Crippen LogP contribution in [-0.2, 0) is 4.79 Å². The molecule has 3 rings (SSSR count). The van der Waals surface area contributed by atoms with Gasteiger partial charge in [0, 0.05) is 11.9 Å². The lowest BCUT2D eigenvalue weighted by atomic mass is 10.1. The molecule has 2 N–H and O–H groups in total. The van der Waals surface area contributed by atoms with E-state index < -0.39 is 17.2 Å². The zero-order chi connectivity index (χ0) is 19.2. The Kier molecular flexibility index (Phi) is 6.03. The maximum Gasteiger partial charge on any atom is 0.321 e. The van der Waals surface area contributed by atoms with Gasteiger partial charge in [0.15, 0.2) is 0 Å². The van der Waals surface area contributed by atoms with E-state index in [0.717, 1.165) is 16.5 Å². The van der Waals surface area contributed by atoms with Crippen molar-refractivity contribution in [2.45, 2.75) is 24.1 Å². The van der Waals surface area contributed by atoms with Crippen LogP contribution >= 0.6 is 11.8 Å². The van der Waals surface area contributed by atoms with Crippen LogP contribution in [0, 0.1) is 6.92 Å². The van der Waals surface area contributed by atoms with Crippen molar-refractivity contribution in [1.82, 2.24) is 20.6 Å². The minimum atomic E-state index is -0.619. The molecule has 1 aromatic heterocycles. The number of thioether (sulfide) groups is 1. The summed E-state index contributed by atoms with van der Waals surface area (Å²) in [5.41, 5.74) is 1.62. The Morgan fingerprint density at radius 2 is 1.74 bits per heavy atom. The van der Waals surface area contributed by atoms with Crippen LogP contribution in [0.15, 0.2) is 59.6 Å². The van der Waals surface area contributed by atoms with Gasteiger partial charge in [0.2, 0.25) is 5.91 Å². The zero-order valence-corrected chi connectivity index (χ0v) is 15.9. The summed E-state index contributed by atoms with van der Waals surface area (Å²) in [6, 6.07) is 16.5. The molecule has 138 valence electrons. The molecule has 0 radical (unpaired) electrons. The molecule has 0 spiro atoms. The third-order valence-electron chi connectivity index (χ3n) is 3.82. The molecule has 0 aliphatic rings. The summed E-state index contributed by atoms with van der Waals surface area (Å²) in [7, 11) is 0. The summed E-state index contributed by atoms with van der Waals surface area (Å²) in [5, 5.41) is 5.95. The number of aromatic nitrogens is 2. The third-order valence-corrected chi connectivity index (χ3v) is 5.08. The summed E-state index contributed by atoms with van der Waals surface area (Å²) in [4.78, 5) is 33.6. The molecule has 0 aliphatic heterocycles. The molecule has 3 aromatic rings. The summed E-state index contributed by atoms with van der Waals surface area (Å²) >= 11 is 1.31. The first-order valence-electron chi connectivity index (χ1n) is 8.62. The van der Waals surface area contributed by atoms with E-state index in [2.05, 4.69) is 20.6 Å². The third kappa shape index (κ3) is 4.62. The number of carbonyl (C=O) groups excluding carboxylic acids is 2. The van der Waals surface area contributed by atoms with Crippen molar-refractivity contribution < 1.29 is 9.59 Å². The van der Waals surface area contributed by atoms with Crippen LogP contribution in [0.1, 0.15) is 23.6 Å². The fraction of sp³-hybridized carbons (Fsp3) is 0.200. The number of hydrogen-bond donors (Lipinski definition) is 2. The number of rotatable bonds is 5. The number of amides is 3. The molecule has 7 heteroatoms. The van der Waals surface area contributed by atoms with Gasteiger partial charge in [0.05, 0.1) is 5.52 Å². The highest BCUT2D eigenvalue weighted by Crippen LogP contribution is 2.37. The van der Waals surface area contributed by atoms with Crippen molar-refractivity contribution in [3.63, 3.8) is 0 Å². The van der Waals surface area contributed by atoms with E-state index in [4.69, 9.17) is 0 Å². The maximum absolute atomic E-state index is 12.8. The number of aryl methyl sites for hydroxylation is 1. The molecular weight excluding hydrogens is 360 g/mol. The Morgan fingerprint density at radius 3 is 2.48 bits per heavy atom. The summed E-state index contributed by atoms with van der Waals surface area (Å²) < 4.78 is 0. The van der Waals surface area contributed by atoms with Gasteiger partial charge >= 0.3 is 6.03 Å². The smallest absolute Gasteiger partial charge is 0.321 e. The topological polar surface area (TPSA) is 84.0 Å². The van der Waals surface area contributed by atoms with Crippen molar-refractivity contribution >= 4 is 34.6 Å². The van der Waals surface area contributed by atoms with E-state index in [1.54, 1.807) is 6.92 Å². The molecule has 1 heterocycles. The predicted molar refractivity (Wildman–Crippen MR) is 107 cm³/mol.